The zero-order valence-corrected chi connectivity index (χ0v) is 17.2. The van der Waals surface area contributed by atoms with E-state index in [1.807, 2.05) is 0 Å². The Balaban J connectivity index is 1.70. The Bertz CT molecular complexity index is 1140. The minimum atomic E-state index is -0.437. The molecule has 3 aromatic rings. The fraction of sp³-hybridized carbons (Fsp3) is 0.190. The first kappa shape index (κ1) is 19.2. The molecule has 8 heteroatoms. The van der Waals surface area contributed by atoms with Crippen LogP contribution in [0.3, 0.4) is 0 Å². The number of H-pyrrole nitrogens is 1. The molecule has 2 heterocycles. The van der Waals surface area contributed by atoms with Crippen LogP contribution in [0.25, 0.3) is 10.9 Å². The molecular formula is C21H18BrN3O4. The molecule has 2 amide bonds. The Kier molecular flexibility index (Phi) is 5.10. The van der Waals surface area contributed by atoms with Gasteiger partial charge in [0.15, 0.2) is 0 Å². The van der Waals surface area contributed by atoms with Gasteiger partial charge in [-0.15, -0.1) is 0 Å². The SMILES string of the molecule is CCOC(=O)c1cc2cc(C(=O)N3CCNC(=O)c4cc(Br)ccc43)ccc2[nH]1. The molecule has 2 aromatic carbocycles. The second kappa shape index (κ2) is 7.71. The summed E-state index contributed by atoms with van der Waals surface area (Å²) in [5, 5.41) is 3.55. The van der Waals surface area contributed by atoms with Crippen molar-refractivity contribution in [3.63, 3.8) is 0 Å². The van der Waals surface area contributed by atoms with E-state index < -0.39 is 5.97 Å². The van der Waals surface area contributed by atoms with Crippen LogP contribution in [0.5, 0.6) is 0 Å². The number of carbonyl (C=O) groups is 3. The molecule has 4 rings (SSSR count). The van der Waals surface area contributed by atoms with Gasteiger partial charge in [0.05, 0.1) is 17.9 Å². The highest BCUT2D eigenvalue weighted by Gasteiger charge is 2.26. The van der Waals surface area contributed by atoms with Crippen LogP contribution in [0, 0.1) is 0 Å². The Morgan fingerprint density at radius 1 is 1.17 bits per heavy atom. The van der Waals surface area contributed by atoms with E-state index in [1.54, 1.807) is 54.3 Å². The van der Waals surface area contributed by atoms with Crippen molar-refractivity contribution in [2.45, 2.75) is 6.92 Å². The molecule has 0 saturated heterocycles. The number of nitrogens with zero attached hydrogens (tertiary/aromatic N) is 1. The van der Waals surface area contributed by atoms with Crippen LogP contribution in [0.2, 0.25) is 0 Å². The van der Waals surface area contributed by atoms with Crippen LogP contribution in [-0.4, -0.2) is 42.5 Å². The summed E-state index contributed by atoms with van der Waals surface area (Å²) in [5.74, 6) is -0.865. The summed E-state index contributed by atoms with van der Waals surface area (Å²) in [7, 11) is 0. The van der Waals surface area contributed by atoms with Gasteiger partial charge in [0.2, 0.25) is 0 Å². The maximum absolute atomic E-state index is 13.3. The zero-order valence-electron chi connectivity index (χ0n) is 15.6. The Hall–Kier alpha value is -3.13. The van der Waals surface area contributed by atoms with Gasteiger partial charge in [-0.1, -0.05) is 15.9 Å². The molecule has 0 spiro atoms. The Morgan fingerprint density at radius 2 is 2.00 bits per heavy atom. The average Bonchev–Trinajstić information content (AvgIpc) is 3.07. The third kappa shape index (κ3) is 3.63. The van der Waals surface area contributed by atoms with Crippen molar-refractivity contribution >= 4 is 50.3 Å². The second-order valence-corrected chi connectivity index (χ2v) is 7.50. The molecule has 0 fully saturated rings. The van der Waals surface area contributed by atoms with E-state index in [1.165, 1.54) is 0 Å². The van der Waals surface area contributed by atoms with Gasteiger partial charge in [0, 0.05) is 34.0 Å². The monoisotopic (exact) mass is 455 g/mol. The number of anilines is 1. The number of halogens is 1. The number of hydrogen-bond donors (Lipinski definition) is 2. The number of rotatable bonds is 3. The predicted octanol–water partition coefficient (Wildman–Crippen LogP) is 3.50. The van der Waals surface area contributed by atoms with E-state index in [0.29, 0.717) is 35.6 Å². The van der Waals surface area contributed by atoms with Crippen molar-refractivity contribution in [3.8, 4) is 0 Å². The Morgan fingerprint density at radius 3 is 2.79 bits per heavy atom. The highest BCUT2D eigenvalue weighted by atomic mass is 79.9. The van der Waals surface area contributed by atoms with E-state index >= 15 is 0 Å². The molecule has 1 aliphatic heterocycles. The van der Waals surface area contributed by atoms with E-state index in [9.17, 15) is 14.4 Å². The number of ether oxygens (including phenoxy) is 1. The highest BCUT2D eigenvalue weighted by molar-refractivity contribution is 9.10. The number of nitrogens with one attached hydrogen (secondary N) is 2. The lowest BCUT2D eigenvalue weighted by atomic mass is 10.1. The lowest BCUT2D eigenvalue weighted by Gasteiger charge is -2.22. The molecule has 0 aliphatic carbocycles. The molecule has 2 N–H and O–H groups in total. The molecule has 0 atom stereocenters. The summed E-state index contributed by atoms with van der Waals surface area (Å²) in [6.07, 6.45) is 0. The minimum Gasteiger partial charge on any atom is -0.461 e. The number of hydrogen-bond acceptors (Lipinski definition) is 4. The number of carbonyl (C=O) groups excluding carboxylic acids is 3. The van der Waals surface area contributed by atoms with Gasteiger partial charge >= 0.3 is 5.97 Å². The van der Waals surface area contributed by atoms with Crippen LogP contribution < -0.4 is 10.2 Å². The number of benzene rings is 2. The molecule has 0 bridgehead atoms. The van der Waals surface area contributed by atoms with Crippen LogP contribution in [0.1, 0.15) is 38.1 Å². The summed E-state index contributed by atoms with van der Waals surface area (Å²) < 4.78 is 5.78. The van der Waals surface area contributed by atoms with E-state index in [2.05, 4.69) is 26.2 Å². The quantitative estimate of drug-likeness (QED) is 0.591. The lowest BCUT2D eigenvalue weighted by molar-refractivity contribution is 0.0520. The summed E-state index contributed by atoms with van der Waals surface area (Å²) in [4.78, 5) is 42.2. The second-order valence-electron chi connectivity index (χ2n) is 6.58. The standard InChI is InChI=1S/C21H18BrN3O4/c1-2-29-21(28)17-10-13-9-12(3-5-16(13)24-17)20(27)25-8-7-23-19(26)15-11-14(22)4-6-18(15)25/h3-6,9-11,24H,2,7-8H2,1H3,(H,23,26). The van der Waals surface area contributed by atoms with E-state index in [4.69, 9.17) is 4.74 Å². The van der Waals surface area contributed by atoms with Gasteiger partial charge in [-0.2, -0.15) is 0 Å². The van der Waals surface area contributed by atoms with Gasteiger partial charge in [-0.25, -0.2) is 4.79 Å². The predicted molar refractivity (Wildman–Crippen MR) is 112 cm³/mol. The summed E-state index contributed by atoms with van der Waals surface area (Å²) in [6, 6.07) is 12.1. The Labute approximate surface area is 175 Å². The number of esters is 1. The fourth-order valence-corrected chi connectivity index (χ4v) is 3.73. The summed E-state index contributed by atoms with van der Waals surface area (Å²) >= 11 is 3.37. The molecule has 0 radical (unpaired) electrons. The molecule has 7 nitrogen and oxygen atoms in total. The topological polar surface area (TPSA) is 91.5 Å². The minimum absolute atomic E-state index is 0.211. The molecule has 1 aromatic heterocycles. The highest BCUT2D eigenvalue weighted by Crippen LogP contribution is 2.28. The van der Waals surface area contributed by atoms with Crippen molar-refractivity contribution in [1.29, 1.82) is 0 Å². The van der Waals surface area contributed by atoms with Crippen LogP contribution in [0.4, 0.5) is 5.69 Å². The lowest BCUT2D eigenvalue weighted by Crippen LogP contribution is -2.35. The number of amides is 2. The van der Waals surface area contributed by atoms with Gasteiger partial charge in [-0.3, -0.25) is 9.59 Å². The summed E-state index contributed by atoms with van der Waals surface area (Å²) in [6.45, 7) is 2.75. The first-order valence-electron chi connectivity index (χ1n) is 9.17. The normalized spacial score (nSPS) is 13.6. The van der Waals surface area contributed by atoms with Crippen LogP contribution in [0.15, 0.2) is 46.9 Å². The smallest absolute Gasteiger partial charge is 0.354 e. The third-order valence-corrected chi connectivity index (χ3v) is 5.22. The van der Waals surface area contributed by atoms with Crippen LogP contribution >= 0.6 is 15.9 Å². The molecule has 0 saturated carbocycles. The molecular weight excluding hydrogens is 438 g/mol. The maximum atomic E-state index is 13.3. The number of fused-ring (bicyclic) bond motifs is 2. The van der Waals surface area contributed by atoms with Gasteiger partial charge in [0.25, 0.3) is 11.8 Å². The van der Waals surface area contributed by atoms with E-state index in [0.717, 1.165) is 15.4 Å². The fourth-order valence-electron chi connectivity index (χ4n) is 3.37. The van der Waals surface area contributed by atoms with Gasteiger partial charge < -0.3 is 19.9 Å². The van der Waals surface area contributed by atoms with E-state index in [-0.39, 0.29) is 18.4 Å². The van der Waals surface area contributed by atoms with Crippen molar-refractivity contribution in [1.82, 2.24) is 10.3 Å². The molecule has 29 heavy (non-hydrogen) atoms. The first-order valence-corrected chi connectivity index (χ1v) is 9.96. The molecule has 0 unspecified atom stereocenters. The maximum Gasteiger partial charge on any atom is 0.354 e. The average molecular weight is 456 g/mol. The van der Waals surface area contributed by atoms with Crippen molar-refractivity contribution in [2.75, 3.05) is 24.6 Å². The summed E-state index contributed by atoms with van der Waals surface area (Å²) in [5.41, 5.74) is 2.55. The van der Waals surface area contributed by atoms with Gasteiger partial charge in [0.1, 0.15) is 5.69 Å². The third-order valence-electron chi connectivity index (χ3n) is 4.72. The van der Waals surface area contributed by atoms with Crippen molar-refractivity contribution in [2.24, 2.45) is 0 Å². The van der Waals surface area contributed by atoms with Crippen molar-refractivity contribution in [3.05, 3.63) is 63.8 Å². The zero-order chi connectivity index (χ0) is 20.5. The number of aromatic amines is 1. The molecule has 148 valence electrons. The number of aromatic nitrogens is 1. The van der Waals surface area contributed by atoms with Gasteiger partial charge in [-0.05, 0) is 49.4 Å². The molecule has 1 aliphatic rings. The first-order chi connectivity index (χ1) is 14.0. The largest absolute Gasteiger partial charge is 0.461 e. The van der Waals surface area contributed by atoms with Crippen LogP contribution in [-0.2, 0) is 4.74 Å². The van der Waals surface area contributed by atoms with Crippen molar-refractivity contribution < 1.29 is 19.1 Å².